The number of anilines is 2. The summed E-state index contributed by atoms with van der Waals surface area (Å²) in [4.78, 5) is 28.9. The zero-order valence-electron chi connectivity index (χ0n) is 16.4. The molecule has 0 spiro atoms. The first kappa shape index (κ1) is 19.3. The van der Waals surface area contributed by atoms with Crippen molar-refractivity contribution in [2.24, 2.45) is 0 Å². The number of aromatic nitrogens is 2. The third-order valence-electron chi connectivity index (χ3n) is 4.24. The monoisotopic (exact) mass is 382 g/mol. The third-order valence-corrected chi connectivity index (χ3v) is 4.24. The van der Waals surface area contributed by atoms with E-state index in [4.69, 9.17) is 9.26 Å². The number of methoxy groups -OCH3 is 1. The number of fused-ring (bicyclic) bond motifs is 1. The molecular formula is C20H22N4O4. The molecule has 0 fully saturated rings. The summed E-state index contributed by atoms with van der Waals surface area (Å²) in [6, 6.07) is 6.76. The molecule has 146 valence electrons. The molecule has 2 amide bonds. The van der Waals surface area contributed by atoms with Crippen molar-refractivity contribution in [3.8, 4) is 5.75 Å². The number of rotatable bonds is 5. The van der Waals surface area contributed by atoms with Crippen LogP contribution in [0.1, 0.15) is 48.4 Å². The summed E-state index contributed by atoms with van der Waals surface area (Å²) in [6.45, 7) is 7.15. The van der Waals surface area contributed by atoms with Crippen molar-refractivity contribution >= 4 is 34.3 Å². The number of nitrogens with one attached hydrogen (secondary N) is 2. The second-order valence-electron chi connectivity index (χ2n) is 6.75. The van der Waals surface area contributed by atoms with Crippen LogP contribution in [-0.4, -0.2) is 29.1 Å². The van der Waals surface area contributed by atoms with E-state index in [9.17, 15) is 9.59 Å². The average Bonchev–Trinajstić information content (AvgIpc) is 3.01. The van der Waals surface area contributed by atoms with Crippen molar-refractivity contribution in [3.05, 3.63) is 41.2 Å². The molecule has 3 aromatic rings. The van der Waals surface area contributed by atoms with Gasteiger partial charge in [0, 0.05) is 18.3 Å². The molecule has 28 heavy (non-hydrogen) atoms. The number of nitrogens with zero attached hydrogens (tertiary/aromatic N) is 2. The van der Waals surface area contributed by atoms with Gasteiger partial charge in [0.2, 0.25) is 5.91 Å². The second-order valence-corrected chi connectivity index (χ2v) is 6.75. The number of hydrogen-bond donors (Lipinski definition) is 2. The van der Waals surface area contributed by atoms with E-state index in [2.05, 4.69) is 20.8 Å². The van der Waals surface area contributed by atoms with Crippen LogP contribution >= 0.6 is 0 Å². The smallest absolute Gasteiger partial charge is 0.259 e. The molecule has 3 rings (SSSR count). The molecule has 8 nitrogen and oxygen atoms in total. The van der Waals surface area contributed by atoms with Gasteiger partial charge in [-0.15, -0.1) is 0 Å². The number of ether oxygens (including phenoxy) is 1. The molecule has 0 saturated carbocycles. The number of amides is 2. The first-order valence-corrected chi connectivity index (χ1v) is 8.84. The Kier molecular flexibility index (Phi) is 5.30. The van der Waals surface area contributed by atoms with Gasteiger partial charge in [0.05, 0.1) is 29.4 Å². The quantitative estimate of drug-likeness (QED) is 0.694. The van der Waals surface area contributed by atoms with Gasteiger partial charge in [0.15, 0.2) is 0 Å². The Morgan fingerprint density at radius 2 is 1.93 bits per heavy atom. The Balaban J connectivity index is 2.04. The van der Waals surface area contributed by atoms with E-state index in [1.54, 1.807) is 31.2 Å². The Morgan fingerprint density at radius 3 is 2.57 bits per heavy atom. The van der Waals surface area contributed by atoms with Gasteiger partial charge in [-0.3, -0.25) is 9.59 Å². The number of carbonyl (C=O) groups excluding carboxylic acids is 2. The molecule has 1 aromatic carbocycles. The summed E-state index contributed by atoms with van der Waals surface area (Å²) in [5, 5.41) is 10.0. The lowest BCUT2D eigenvalue weighted by molar-refractivity contribution is -0.114. The van der Waals surface area contributed by atoms with E-state index in [0.29, 0.717) is 39.5 Å². The fourth-order valence-corrected chi connectivity index (χ4v) is 2.86. The zero-order valence-corrected chi connectivity index (χ0v) is 16.4. The first-order valence-electron chi connectivity index (χ1n) is 8.84. The summed E-state index contributed by atoms with van der Waals surface area (Å²) in [5.41, 5.74) is 3.04. The molecule has 0 aliphatic carbocycles. The van der Waals surface area contributed by atoms with Gasteiger partial charge in [0.1, 0.15) is 5.75 Å². The molecule has 2 aromatic heterocycles. The fourth-order valence-electron chi connectivity index (χ4n) is 2.86. The van der Waals surface area contributed by atoms with E-state index in [-0.39, 0.29) is 17.7 Å². The minimum atomic E-state index is -0.348. The zero-order chi connectivity index (χ0) is 20.4. The minimum absolute atomic E-state index is 0.110. The van der Waals surface area contributed by atoms with Crippen molar-refractivity contribution in [1.82, 2.24) is 10.1 Å². The van der Waals surface area contributed by atoms with Gasteiger partial charge in [-0.25, -0.2) is 4.98 Å². The summed E-state index contributed by atoms with van der Waals surface area (Å²) in [5.74, 6) is 0.0247. The fraction of sp³-hybridized carbons (Fsp3) is 0.300. The number of aryl methyl sites for hydroxylation is 1. The Labute approximate surface area is 162 Å². The lowest BCUT2D eigenvalue weighted by Gasteiger charge is -2.13. The SMILES string of the molecule is COc1ccc(NC(C)=O)cc1NC(=O)c1cc(C(C)C)nc2onc(C)c12. The van der Waals surface area contributed by atoms with E-state index < -0.39 is 0 Å². The van der Waals surface area contributed by atoms with Gasteiger partial charge < -0.3 is 19.9 Å². The van der Waals surface area contributed by atoms with Crippen molar-refractivity contribution in [3.63, 3.8) is 0 Å². The van der Waals surface area contributed by atoms with Crippen LogP contribution in [0.3, 0.4) is 0 Å². The number of pyridine rings is 1. The van der Waals surface area contributed by atoms with Crippen LogP contribution in [0, 0.1) is 6.92 Å². The summed E-state index contributed by atoms with van der Waals surface area (Å²) < 4.78 is 10.6. The molecule has 0 atom stereocenters. The van der Waals surface area contributed by atoms with E-state index >= 15 is 0 Å². The average molecular weight is 382 g/mol. The van der Waals surface area contributed by atoms with Crippen LogP contribution in [0.4, 0.5) is 11.4 Å². The number of benzene rings is 1. The summed E-state index contributed by atoms with van der Waals surface area (Å²) >= 11 is 0. The molecule has 2 heterocycles. The van der Waals surface area contributed by atoms with Crippen LogP contribution in [-0.2, 0) is 4.79 Å². The molecule has 8 heteroatoms. The lowest BCUT2D eigenvalue weighted by Crippen LogP contribution is -2.15. The molecular weight excluding hydrogens is 360 g/mol. The molecule has 0 bridgehead atoms. The third kappa shape index (κ3) is 3.80. The maximum absolute atomic E-state index is 13.1. The van der Waals surface area contributed by atoms with Gasteiger partial charge in [-0.05, 0) is 37.1 Å². The van der Waals surface area contributed by atoms with Gasteiger partial charge in [0.25, 0.3) is 11.6 Å². The van der Waals surface area contributed by atoms with Crippen LogP contribution in [0.15, 0.2) is 28.8 Å². The summed E-state index contributed by atoms with van der Waals surface area (Å²) in [6.07, 6.45) is 0. The molecule has 0 radical (unpaired) electrons. The highest BCUT2D eigenvalue weighted by Gasteiger charge is 2.21. The predicted octanol–water partition coefficient (Wildman–Crippen LogP) is 3.87. The maximum Gasteiger partial charge on any atom is 0.259 e. The highest BCUT2D eigenvalue weighted by Crippen LogP contribution is 2.30. The predicted molar refractivity (Wildman–Crippen MR) is 106 cm³/mol. The second kappa shape index (κ2) is 7.67. The van der Waals surface area contributed by atoms with Gasteiger partial charge in [-0.1, -0.05) is 19.0 Å². The minimum Gasteiger partial charge on any atom is -0.495 e. The highest BCUT2D eigenvalue weighted by atomic mass is 16.5. The summed E-state index contributed by atoms with van der Waals surface area (Å²) in [7, 11) is 1.51. The lowest BCUT2D eigenvalue weighted by atomic mass is 10.0. The van der Waals surface area contributed by atoms with Gasteiger partial charge in [-0.2, -0.15) is 0 Å². The molecule has 2 N–H and O–H groups in total. The molecule has 0 saturated heterocycles. The largest absolute Gasteiger partial charge is 0.495 e. The topological polar surface area (TPSA) is 106 Å². The molecule has 0 aliphatic heterocycles. The standard InChI is InChI=1S/C20H22N4O4/c1-10(2)15-9-14(18-11(3)24-28-20(18)23-15)19(26)22-16-8-13(21-12(4)25)6-7-17(16)27-5/h6-10H,1-5H3,(H,21,25)(H,22,26). The Hall–Kier alpha value is -3.42. The van der Waals surface area contributed by atoms with Crippen molar-refractivity contribution < 1.29 is 18.8 Å². The Bertz CT molecular complexity index is 1060. The van der Waals surface area contributed by atoms with Crippen LogP contribution < -0.4 is 15.4 Å². The highest BCUT2D eigenvalue weighted by molar-refractivity contribution is 6.13. The van der Waals surface area contributed by atoms with Crippen molar-refractivity contribution in [2.45, 2.75) is 33.6 Å². The van der Waals surface area contributed by atoms with Crippen molar-refractivity contribution in [1.29, 1.82) is 0 Å². The number of carbonyl (C=O) groups is 2. The van der Waals surface area contributed by atoms with Crippen LogP contribution in [0.5, 0.6) is 5.75 Å². The van der Waals surface area contributed by atoms with E-state index in [1.165, 1.54) is 14.0 Å². The number of hydrogen-bond acceptors (Lipinski definition) is 6. The van der Waals surface area contributed by atoms with Crippen LogP contribution in [0.2, 0.25) is 0 Å². The first-order chi connectivity index (χ1) is 13.3. The van der Waals surface area contributed by atoms with E-state index in [0.717, 1.165) is 5.69 Å². The molecule has 0 aliphatic rings. The van der Waals surface area contributed by atoms with Gasteiger partial charge >= 0.3 is 0 Å². The van der Waals surface area contributed by atoms with E-state index in [1.807, 2.05) is 13.8 Å². The van der Waals surface area contributed by atoms with Crippen molar-refractivity contribution in [2.75, 3.05) is 17.7 Å². The Morgan fingerprint density at radius 1 is 1.18 bits per heavy atom. The van der Waals surface area contributed by atoms with Crippen LogP contribution in [0.25, 0.3) is 11.1 Å². The molecule has 0 unspecified atom stereocenters. The maximum atomic E-state index is 13.1. The normalized spacial score (nSPS) is 10.9.